The Morgan fingerprint density at radius 3 is 2.82 bits per heavy atom. The van der Waals surface area contributed by atoms with Crippen molar-refractivity contribution in [3.05, 3.63) is 36.9 Å². The lowest BCUT2D eigenvalue weighted by Gasteiger charge is -2.36. The molecule has 3 aliphatic rings. The molecule has 38 heavy (non-hydrogen) atoms. The quantitative estimate of drug-likeness (QED) is 0.346. The number of benzene rings is 1. The van der Waals surface area contributed by atoms with Crippen LogP contribution in [0.3, 0.4) is 0 Å². The zero-order chi connectivity index (χ0) is 27.1. The molecule has 2 amide bonds. The van der Waals surface area contributed by atoms with Crippen LogP contribution in [0.5, 0.6) is 0 Å². The maximum Gasteiger partial charge on any atom is 0.312 e. The molecule has 0 radical (unpaired) electrons. The molecule has 1 N–H and O–H groups in total. The molecule has 2 bridgehead atoms. The third-order valence-corrected chi connectivity index (χ3v) is 8.40. The number of amides is 2. The first kappa shape index (κ1) is 26.3. The van der Waals surface area contributed by atoms with E-state index in [0.717, 1.165) is 5.52 Å². The Morgan fingerprint density at radius 1 is 1.32 bits per heavy atom. The van der Waals surface area contributed by atoms with Crippen molar-refractivity contribution in [3.8, 4) is 0 Å². The van der Waals surface area contributed by atoms with E-state index in [1.807, 2.05) is 31.2 Å². The van der Waals surface area contributed by atoms with Gasteiger partial charge in [0.25, 0.3) is 0 Å². The Morgan fingerprint density at radius 2 is 2.11 bits per heavy atom. The fraction of sp³-hybridized carbons (Fsp3) is 0.593. The number of hydrogen-bond acceptors (Lipinski definition) is 8. The van der Waals surface area contributed by atoms with Crippen molar-refractivity contribution in [2.45, 2.75) is 63.4 Å². The number of nitrogens with zero attached hydrogens (tertiary/aromatic N) is 5. The predicted octanol–water partition coefficient (Wildman–Crippen LogP) is 1.50. The van der Waals surface area contributed by atoms with E-state index in [1.54, 1.807) is 22.6 Å². The standard InChI is InChI=1S/C27H35N5O6/c1-4-14-30(17-32-19-11-8-7-10-18(19)28-29-32)24(35)22-27-13-12-26(5-2,38-27)21(25(36)37-6-3)20(27)23(34)31(22)15-9-16-33/h4,7-8,10-11,20-22,33H,1,5-6,9,12-17H2,2-3H3/t20-,21-,22?,26+,27?/m0/s1. The van der Waals surface area contributed by atoms with Crippen LogP contribution < -0.4 is 0 Å². The van der Waals surface area contributed by atoms with Gasteiger partial charge in [0.1, 0.15) is 29.7 Å². The van der Waals surface area contributed by atoms with Crippen molar-refractivity contribution in [3.63, 3.8) is 0 Å². The number of rotatable bonds is 11. The van der Waals surface area contributed by atoms with Gasteiger partial charge in [0.2, 0.25) is 11.8 Å². The van der Waals surface area contributed by atoms with E-state index in [9.17, 15) is 19.5 Å². The van der Waals surface area contributed by atoms with Gasteiger partial charge in [-0.1, -0.05) is 30.3 Å². The lowest BCUT2D eigenvalue weighted by atomic mass is 9.65. The Bertz CT molecular complexity index is 1250. The highest BCUT2D eigenvalue weighted by molar-refractivity contribution is 5.98. The molecule has 2 aromatic rings. The number of para-hydroxylation sites is 1. The van der Waals surface area contributed by atoms with Gasteiger partial charge >= 0.3 is 5.97 Å². The third-order valence-electron chi connectivity index (χ3n) is 8.40. The van der Waals surface area contributed by atoms with Crippen molar-refractivity contribution in [1.82, 2.24) is 24.8 Å². The zero-order valence-corrected chi connectivity index (χ0v) is 21.9. The second kappa shape index (κ2) is 10.1. The van der Waals surface area contributed by atoms with E-state index in [-0.39, 0.29) is 44.8 Å². The zero-order valence-electron chi connectivity index (χ0n) is 21.9. The number of esters is 1. The lowest BCUT2D eigenvalue weighted by molar-refractivity contribution is -0.162. The van der Waals surface area contributed by atoms with Crippen LogP contribution in [0.4, 0.5) is 0 Å². The number of ether oxygens (including phenoxy) is 2. The Hall–Kier alpha value is -3.31. The number of carbonyl (C=O) groups excluding carboxylic acids is 3. The number of aromatic nitrogens is 3. The van der Waals surface area contributed by atoms with Crippen molar-refractivity contribution < 1.29 is 29.0 Å². The van der Waals surface area contributed by atoms with Gasteiger partial charge in [-0.25, -0.2) is 4.68 Å². The van der Waals surface area contributed by atoms with Crippen molar-refractivity contribution in [1.29, 1.82) is 0 Å². The monoisotopic (exact) mass is 525 g/mol. The van der Waals surface area contributed by atoms with E-state index < -0.39 is 35.0 Å². The van der Waals surface area contributed by atoms with Crippen molar-refractivity contribution in [2.24, 2.45) is 11.8 Å². The molecule has 1 spiro atoms. The first-order valence-corrected chi connectivity index (χ1v) is 13.3. The summed E-state index contributed by atoms with van der Waals surface area (Å²) in [4.78, 5) is 44.7. The molecule has 3 fully saturated rings. The number of likely N-dealkylation sites (tertiary alicyclic amines) is 1. The van der Waals surface area contributed by atoms with Gasteiger partial charge in [-0.05, 0) is 44.7 Å². The molecular weight excluding hydrogens is 490 g/mol. The Labute approximate surface area is 221 Å². The Kier molecular flexibility index (Phi) is 6.99. The van der Waals surface area contributed by atoms with Gasteiger partial charge in [-0.2, -0.15) is 0 Å². The maximum atomic E-state index is 14.4. The smallest absolute Gasteiger partial charge is 0.312 e. The van der Waals surface area contributed by atoms with Crippen LogP contribution in [-0.2, 0) is 30.5 Å². The summed E-state index contributed by atoms with van der Waals surface area (Å²) in [6, 6.07) is 6.52. The van der Waals surface area contributed by atoms with Gasteiger partial charge in [0, 0.05) is 19.7 Å². The maximum absolute atomic E-state index is 14.4. The SMILES string of the molecule is C=CCN(Cn1nnc2ccccc21)C(=O)C1N(CCCO)C(=O)[C@@H]2[C@@H](C(=O)OCC)[C@@]3(CC)CCC12O3. The van der Waals surface area contributed by atoms with E-state index in [2.05, 4.69) is 16.9 Å². The van der Waals surface area contributed by atoms with Gasteiger partial charge in [0.05, 0.1) is 23.6 Å². The number of fused-ring (bicyclic) bond motifs is 2. The molecule has 1 aromatic carbocycles. The summed E-state index contributed by atoms with van der Waals surface area (Å²) in [6.45, 7) is 8.06. The van der Waals surface area contributed by atoms with Gasteiger partial charge in [-0.3, -0.25) is 14.4 Å². The summed E-state index contributed by atoms with van der Waals surface area (Å²) in [6.07, 6.45) is 3.50. The van der Waals surface area contributed by atoms with Crippen LogP contribution in [-0.4, -0.2) is 91.2 Å². The van der Waals surface area contributed by atoms with E-state index in [4.69, 9.17) is 9.47 Å². The minimum atomic E-state index is -1.15. The molecule has 4 heterocycles. The van der Waals surface area contributed by atoms with Crippen molar-refractivity contribution >= 4 is 28.8 Å². The first-order chi connectivity index (χ1) is 18.4. The second-order valence-electron chi connectivity index (χ2n) is 10.3. The molecule has 5 atom stereocenters. The normalized spacial score (nSPS) is 29.6. The first-order valence-electron chi connectivity index (χ1n) is 13.3. The largest absolute Gasteiger partial charge is 0.466 e. The summed E-state index contributed by atoms with van der Waals surface area (Å²) in [5.74, 6) is -2.67. The number of carbonyl (C=O) groups is 3. The molecular formula is C27H35N5O6. The van der Waals surface area contributed by atoms with Crippen molar-refractivity contribution in [2.75, 3.05) is 26.3 Å². The third kappa shape index (κ3) is 3.82. The van der Waals surface area contributed by atoms with Crippen LogP contribution in [0.2, 0.25) is 0 Å². The minimum Gasteiger partial charge on any atom is -0.466 e. The predicted molar refractivity (Wildman–Crippen MR) is 136 cm³/mol. The number of aliphatic hydroxyl groups is 1. The fourth-order valence-electron chi connectivity index (χ4n) is 6.80. The number of hydrogen-bond donors (Lipinski definition) is 1. The summed E-state index contributed by atoms with van der Waals surface area (Å²) in [5, 5.41) is 18.0. The molecule has 11 heteroatoms. The average Bonchev–Trinajstić information content (AvgIpc) is 3.64. The van der Waals surface area contributed by atoms with E-state index in [1.165, 1.54) is 4.90 Å². The van der Waals surface area contributed by atoms with E-state index in [0.29, 0.717) is 31.2 Å². The fourth-order valence-corrected chi connectivity index (χ4v) is 6.80. The summed E-state index contributed by atoms with van der Waals surface area (Å²) in [7, 11) is 0. The molecule has 1 aromatic heterocycles. The van der Waals surface area contributed by atoms with E-state index >= 15 is 0 Å². The average molecular weight is 526 g/mol. The minimum absolute atomic E-state index is 0.102. The summed E-state index contributed by atoms with van der Waals surface area (Å²) >= 11 is 0. The lowest BCUT2D eigenvalue weighted by Crippen LogP contribution is -2.56. The van der Waals surface area contributed by atoms with Crippen LogP contribution >= 0.6 is 0 Å². The Balaban J connectivity index is 1.55. The number of aliphatic hydroxyl groups excluding tert-OH is 1. The van der Waals surface area contributed by atoms with Crippen LogP contribution in [0.25, 0.3) is 11.0 Å². The molecule has 0 aliphatic carbocycles. The van der Waals surface area contributed by atoms with Gasteiger partial charge in [-0.15, -0.1) is 11.7 Å². The highest BCUT2D eigenvalue weighted by Crippen LogP contribution is 2.64. The highest BCUT2D eigenvalue weighted by Gasteiger charge is 2.79. The molecule has 204 valence electrons. The molecule has 11 nitrogen and oxygen atoms in total. The van der Waals surface area contributed by atoms with Crippen LogP contribution in [0, 0.1) is 11.8 Å². The molecule has 0 saturated carbocycles. The van der Waals surface area contributed by atoms with Gasteiger partial charge in [0.15, 0.2) is 0 Å². The highest BCUT2D eigenvalue weighted by atomic mass is 16.6. The summed E-state index contributed by atoms with van der Waals surface area (Å²) in [5.41, 5.74) is -0.520. The van der Waals surface area contributed by atoms with Crippen LogP contribution in [0.1, 0.15) is 39.5 Å². The second-order valence-corrected chi connectivity index (χ2v) is 10.3. The molecule has 5 rings (SSSR count). The molecule has 3 aliphatic heterocycles. The summed E-state index contributed by atoms with van der Waals surface area (Å²) < 4.78 is 13.8. The molecule has 3 saturated heterocycles. The van der Waals surface area contributed by atoms with Gasteiger partial charge < -0.3 is 24.4 Å². The van der Waals surface area contributed by atoms with Crippen LogP contribution in [0.15, 0.2) is 36.9 Å². The molecule has 2 unspecified atom stereocenters. The topological polar surface area (TPSA) is 127 Å².